The molecule has 1 fully saturated rings. The molecule has 4 nitrogen and oxygen atoms in total. The molecule has 0 aromatic heterocycles. The first-order chi connectivity index (χ1) is 8.20. The van der Waals surface area contributed by atoms with Gasteiger partial charge in [-0.25, -0.2) is 4.79 Å². The molecule has 3 atom stereocenters. The highest BCUT2D eigenvalue weighted by atomic mass is 35.5. The largest absolute Gasteiger partial charge is 0.455 e. The Balaban J connectivity index is 1.96. The van der Waals surface area contributed by atoms with Gasteiger partial charge in [0.05, 0.1) is 18.3 Å². The SMILES string of the molecule is O=C(O[C@@H]1C[C@@H](CO)O[C@H]1Cl)c1ccccc1. The smallest absolute Gasteiger partial charge is 0.338 e. The van der Waals surface area contributed by atoms with Crippen LogP contribution in [-0.4, -0.2) is 35.5 Å². The van der Waals surface area contributed by atoms with E-state index >= 15 is 0 Å². The average Bonchev–Trinajstić information content (AvgIpc) is 2.71. The Labute approximate surface area is 104 Å². The molecule has 1 aromatic carbocycles. The monoisotopic (exact) mass is 256 g/mol. The van der Waals surface area contributed by atoms with Gasteiger partial charge >= 0.3 is 5.97 Å². The number of hydrogen-bond acceptors (Lipinski definition) is 4. The van der Waals surface area contributed by atoms with E-state index in [2.05, 4.69) is 0 Å². The number of carbonyl (C=O) groups excluding carboxylic acids is 1. The van der Waals surface area contributed by atoms with E-state index in [0.717, 1.165) is 0 Å². The summed E-state index contributed by atoms with van der Waals surface area (Å²) in [6.07, 6.45) is -0.448. The number of hydrogen-bond donors (Lipinski definition) is 1. The molecule has 17 heavy (non-hydrogen) atoms. The van der Waals surface area contributed by atoms with Gasteiger partial charge in [0, 0.05) is 6.42 Å². The molecule has 1 N–H and O–H groups in total. The van der Waals surface area contributed by atoms with Crippen LogP contribution in [0.25, 0.3) is 0 Å². The maximum Gasteiger partial charge on any atom is 0.338 e. The lowest BCUT2D eigenvalue weighted by molar-refractivity contribution is 0.0101. The van der Waals surface area contributed by atoms with Crippen LogP contribution in [0.1, 0.15) is 16.8 Å². The van der Waals surface area contributed by atoms with E-state index in [4.69, 9.17) is 26.2 Å². The third-order valence-electron chi connectivity index (χ3n) is 2.58. The van der Waals surface area contributed by atoms with Crippen LogP contribution in [0, 0.1) is 0 Å². The highest BCUT2D eigenvalue weighted by Gasteiger charge is 2.36. The van der Waals surface area contributed by atoms with Gasteiger partial charge in [-0.3, -0.25) is 0 Å². The van der Waals surface area contributed by atoms with Gasteiger partial charge in [0.25, 0.3) is 0 Å². The number of aliphatic hydroxyl groups excluding tert-OH is 1. The fourth-order valence-electron chi connectivity index (χ4n) is 1.69. The van der Waals surface area contributed by atoms with Gasteiger partial charge < -0.3 is 14.6 Å². The first-order valence-corrected chi connectivity index (χ1v) is 5.80. The van der Waals surface area contributed by atoms with Crippen LogP contribution in [0.5, 0.6) is 0 Å². The molecule has 1 aromatic rings. The minimum Gasteiger partial charge on any atom is -0.455 e. The minimum atomic E-state index is -0.695. The average molecular weight is 257 g/mol. The minimum absolute atomic E-state index is 0.122. The summed E-state index contributed by atoms with van der Waals surface area (Å²) in [4.78, 5) is 11.7. The lowest BCUT2D eigenvalue weighted by Crippen LogP contribution is -2.23. The van der Waals surface area contributed by atoms with Crippen molar-refractivity contribution in [2.24, 2.45) is 0 Å². The molecule has 1 saturated heterocycles. The number of ether oxygens (including phenoxy) is 2. The second kappa shape index (κ2) is 5.49. The summed E-state index contributed by atoms with van der Waals surface area (Å²) in [6.45, 7) is -0.122. The summed E-state index contributed by atoms with van der Waals surface area (Å²) < 4.78 is 10.4. The third-order valence-corrected chi connectivity index (χ3v) is 2.97. The number of carbonyl (C=O) groups is 1. The van der Waals surface area contributed by atoms with Crippen LogP contribution >= 0.6 is 11.6 Å². The maximum absolute atomic E-state index is 11.7. The standard InChI is InChI=1S/C12H13ClO4/c13-11-10(6-9(7-14)16-11)17-12(15)8-4-2-1-3-5-8/h1-5,9-11,14H,6-7H2/t9-,10+,11+/m0/s1. The van der Waals surface area contributed by atoms with Gasteiger partial charge in [0.15, 0.2) is 5.56 Å². The normalized spacial score (nSPS) is 28.0. The van der Waals surface area contributed by atoms with E-state index < -0.39 is 17.6 Å². The molecule has 1 aliphatic heterocycles. The summed E-state index contributed by atoms with van der Waals surface area (Å²) in [6, 6.07) is 8.68. The van der Waals surface area contributed by atoms with E-state index in [1.54, 1.807) is 24.3 Å². The van der Waals surface area contributed by atoms with Crippen molar-refractivity contribution in [2.75, 3.05) is 6.61 Å². The number of halogens is 1. The number of benzene rings is 1. The van der Waals surface area contributed by atoms with Crippen molar-refractivity contribution in [3.63, 3.8) is 0 Å². The fraction of sp³-hybridized carbons (Fsp3) is 0.417. The molecule has 5 heteroatoms. The molecule has 0 bridgehead atoms. The number of alkyl halides is 1. The highest BCUT2D eigenvalue weighted by molar-refractivity contribution is 6.20. The maximum atomic E-state index is 11.7. The Hall–Kier alpha value is -1.10. The summed E-state index contributed by atoms with van der Waals surface area (Å²) in [5, 5.41) is 8.93. The molecule has 0 aliphatic carbocycles. The second-order valence-electron chi connectivity index (χ2n) is 3.84. The number of esters is 1. The van der Waals surface area contributed by atoms with Crippen LogP contribution in [0.3, 0.4) is 0 Å². The van der Waals surface area contributed by atoms with Crippen molar-refractivity contribution in [1.29, 1.82) is 0 Å². The van der Waals surface area contributed by atoms with Crippen molar-refractivity contribution in [3.8, 4) is 0 Å². The van der Waals surface area contributed by atoms with Crippen molar-refractivity contribution < 1.29 is 19.4 Å². The van der Waals surface area contributed by atoms with Gasteiger partial charge in [0.1, 0.15) is 6.10 Å². The Morgan fingerprint density at radius 3 is 2.76 bits per heavy atom. The van der Waals surface area contributed by atoms with Gasteiger partial charge in [-0.2, -0.15) is 0 Å². The zero-order valence-corrected chi connectivity index (χ0v) is 9.84. The third kappa shape index (κ3) is 2.97. The topological polar surface area (TPSA) is 55.8 Å². The number of rotatable bonds is 3. The predicted molar refractivity (Wildman–Crippen MR) is 61.9 cm³/mol. The van der Waals surface area contributed by atoms with E-state index in [1.165, 1.54) is 0 Å². The molecular weight excluding hydrogens is 244 g/mol. The summed E-state index contributed by atoms with van der Waals surface area (Å²) >= 11 is 5.87. The van der Waals surface area contributed by atoms with Crippen LogP contribution in [-0.2, 0) is 9.47 Å². The molecule has 1 heterocycles. The number of aliphatic hydroxyl groups is 1. The van der Waals surface area contributed by atoms with E-state index in [-0.39, 0.29) is 12.7 Å². The van der Waals surface area contributed by atoms with Crippen molar-refractivity contribution in [2.45, 2.75) is 24.2 Å². The van der Waals surface area contributed by atoms with Crippen LogP contribution in [0.15, 0.2) is 30.3 Å². The van der Waals surface area contributed by atoms with Crippen LogP contribution in [0.2, 0.25) is 0 Å². The van der Waals surface area contributed by atoms with Gasteiger partial charge in [-0.15, -0.1) is 0 Å². The first-order valence-electron chi connectivity index (χ1n) is 5.37. The molecule has 0 saturated carbocycles. The Bertz CT molecular complexity index is 381. The molecule has 0 spiro atoms. The Kier molecular flexibility index (Phi) is 3.99. The van der Waals surface area contributed by atoms with Gasteiger partial charge in [0.2, 0.25) is 0 Å². The van der Waals surface area contributed by atoms with Crippen LogP contribution < -0.4 is 0 Å². The molecular formula is C12H13ClO4. The summed E-state index contributed by atoms with van der Waals surface area (Å²) in [7, 11) is 0. The zero-order valence-electron chi connectivity index (χ0n) is 9.08. The first kappa shape index (κ1) is 12.4. The molecule has 0 unspecified atom stereocenters. The van der Waals surface area contributed by atoms with Crippen molar-refractivity contribution in [3.05, 3.63) is 35.9 Å². The lowest BCUT2D eigenvalue weighted by Gasteiger charge is -2.13. The molecule has 2 rings (SSSR count). The molecule has 92 valence electrons. The van der Waals surface area contributed by atoms with Crippen molar-refractivity contribution >= 4 is 17.6 Å². The molecule has 0 amide bonds. The van der Waals surface area contributed by atoms with Crippen molar-refractivity contribution in [1.82, 2.24) is 0 Å². The zero-order chi connectivity index (χ0) is 12.3. The van der Waals surface area contributed by atoms with E-state index in [1.807, 2.05) is 6.07 Å². The van der Waals surface area contributed by atoms with Crippen LogP contribution in [0.4, 0.5) is 0 Å². The Morgan fingerprint density at radius 1 is 1.47 bits per heavy atom. The quantitative estimate of drug-likeness (QED) is 0.659. The predicted octanol–water partition coefficient (Wildman–Crippen LogP) is 1.56. The van der Waals surface area contributed by atoms with E-state index in [0.29, 0.717) is 12.0 Å². The van der Waals surface area contributed by atoms with E-state index in [9.17, 15) is 4.79 Å². The second-order valence-corrected chi connectivity index (χ2v) is 4.27. The highest BCUT2D eigenvalue weighted by Crippen LogP contribution is 2.26. The molecule has 0 radical (unpaired) electrons. The summed E-state index contributed by atoms with van der Waals surface area (Å²) in [5.74, 6) is -0.427. The molecule has 1 aliphatic rings. The fourth-order valence-corrected chi connectivity index (χ4v) is 1.99. The summed E-state index contributed by atoms with van der Waals surface area (Å²) in [5.41, 5.74) is -0.219. The lowest BCUT2D eigenvalue weighted by atomic mass is 10.2. The van der Waals surface area contributed by atoms with Gasteiger partial charge in [-0.1, -0.05) is 29.8 Å². The van der Waals surface area contributed by atoms with Gasteiger partial charge in [-0.05, 0) is 12.1 Å². The Morgan fingerprint density at radius 2 is 2.18 bits per heavy atom.